The molecule has 2 aliphatic carbocycles. The number of para-hydroxylation sites is 1. The third-order valence-electron chi connectivity index (χ3n) is 10.5. The fourth-order valence-corrected chi connectivity index (χ4v) is 8.18. The minimum atomic E-state index is 0.0767. The maximum absolute atomic E-state index is 6.80. The molecule has 0 N–H and O–H groups in total. The van der Waals surface area contributed by atoms with Crippen LogP contribution in [0.4, 0.5) is 0 Å². The van der Waals surface area contributed by atoms with Gasteiger partial charge in [-0.25, -0.2) is 9.97 Å². The summed E-state index contributed by atoms with van der Waals surface area (Å²) in [6.07, 6.45) is 6.38. The zero-order valence-corrected chi connectivity index (χ0v) is 26.7. The number of rotatable bonds is 2. The average molecular weight is 608 g/mol. The summed E-state index contributed by atoms with van der Waals surface area (Å²) >= 11 is 0. The summed E-state index contributed by atoms with van der Waals surface area (Å²) in [6.45, 7) is 6.92. The van der Waals surface area contributed by atoms with Gasteiger partial charge in [0.25, 0.3) is 0 Å². The highest BCUT2D eigenvalue weighted by Gasteiger charge is 2.32. The van der Waals surface area contributed by atoms with Gasteiger partial charge < -0.3 is 4.42 Å². The predicted molar refractivity (Wildman–Crippen MR) is 193 cm³/mol. The van der Waals surface area contributed by atoms with Gasteiger partial charge in [-0.2, -0.15) is 0 Å². The lowest BCUT2D eigenvalue weighted by Gasteiger charge is -2.34. The third kappa shape index (κ3) is 3.82. The molecule has 4 nitrogen and oxygen atoms in total. The van der Waals surface area contributed by atoms with E-state index in [-0.39, 0.29) is 11.3 Å². The summed E-state index contributed by atoms with van der Waals surface area (Å²) in [5, 5.41) is 4.81. The Morgan fingerprint density at radius 3 is 2.45 bits per heavy atom. The van der Waals surface area contributed by atoms with E-state index in [4.69, 9.17) is 14.4 Å². The van der Waals surface area contributed by atoms with Gasteiger partial charge in [-0.15, -0.1) is 0 Å². The summed E-state index contributed by atoms with van der Waals surface area (Å²) < 4.78 is 9.09. The predicted octanol–water partition coefficient (Wildman–Crippen LogP) is 11.2. The smallest absolute Gasteiger partial charge is 0.196 e. The van der Waals surface area contributed by atoms with Crippen molar-refractivity contribution in [2.24, 2.45) is 0 Å². The molecule has 4 heteroatoms. The van der Waals surface area contributed by atoms with Gasteiger partial charge in [0.15, 0.2) is 17.2 Å². The second-order valence-corrected chi connectivity index (χ2v) is 14.0. The summed E-state index contributed by atoms with van der Waals surface area (Å²) in [4.78, 5) is 10.7. The van der Waals surface area contributed by atoms with Crippen molar-refractivity contribution in [1.29, 1.82) is 0 Å². The minimum absolute atomic E-state index is 0.0767. The first-order valence-corrected chi connectivity index (χ1v) is 16.6. The van der Waals surface area contributed by atoms with Crippen LogP contribution in [-0.4, -0.2) is 14.5 Å². The lowest BCUT2D eigenvalue weighted by atomic mass is 9.70. The lowest BCUT2D eigenvalue weighted by molar-refractivity contribution is 0.502. The van der Waals surface area contributed by atoms with Gasteiger partial charge in [0.05, 0.1) is 11.0 Å². The van der Waals surface area contributed by atoms with E-state index in [2.05, 4.69) is 141 Å². The average Bonchev–Trinajstić information content (AvgIpc) is 3.63. The Kier molecular flexibility index (Phi) is 5.41. The molecule has 0 amide bonds. The molecule has 0 aliphatic heterocycles. The number of benzene rings is 5. The van der Waals surface area contributed by atoms with Crippen molar-refractivity contribution in [2.75, 3.05) is 0 Å². The maximum Gasteiger partial charge on any atom is 0.196 e. The largest absolute Gasteiger partial charge is 0.454 e. The monoisotopic (exact) mass is 607 g/mol. The van der Waals surface area contributed by atoms with Crippen LogP contribution in [0.25, 0.3) is 78.1 Å². The second-order valence-electron chi connectivity index (χ2n) is 14.0. The Balaban J connectivity index is 1.29. The van der Waals surface area contributed by atoms with Gasteiger partial charge in [-0.1, -0.05) is 112 Å². The maximum atomic E-state index is 6.80. The Morgan fingerprint density at radius 1 is 0.766 bits per heavy atom. The molecule has 0 saturated heterocycles. The van der Waals surface area contributed by atoms with Gasteiger partial charge in [-0.3, -0.25) is 4.57 Å². The minimum Gasteiger partial charge on any atom is -0.454 e. The molecule has 2 aliphatic rings. The van der Waals surface area contributed by atoms with Crippen molar-refractivity contribution in [2.45, 2.75) is 44.9 Å². The topological polar surface area (TPSA) is 43.9 Å². The fourth-order valence-electron chi connectivity index (χ4n) is 8.18. The van der Waals surface area contributed by atoms with Gasteiger partial charge in [0, 0.05) is 27.8 Å². The summed E-state index contributed by atoms with van der Waals surface area (Å²) in [5.74, 6) is 2.74. The summed E-state index contributed by atoms with van der Waals surface area (Å²) in [6, 6.07) is 37.4. The van der Waals surface area contributed by atoms with Crippen LogP contribution in [0.5, 0.6) is 0 Å². The number of fused-ring (bicyclic) bond motifs is 10. The third-order valence-corrected chi connectivity index (χ3v) is 10.5. The molecular formula is C43H33N3O. The van der Waals surface area contributed by atoms with E-state index in [0.29, 0.717) is 5.82 Å². The SMILES string of the molecule is CC1CC=Cc2c1oc1c(-n3c4ccccc4c4cc5ccccc5cc43)nc(-c3ccc4c(c3)-c3ccccc3C(C)(C)C4)nc21. The van der Waals surface area contributed by atoms with Crippen molar-refractivity contribution in [3.63, 3.8) is 0 Å². The van der Waals surface area contributed by atoms with Crippen LogP contribution >= 0.6 is 0 Å². The molecule has 3 heterocycles. The molecular weight excluding hydrogens is 574 g/mol. The summed E-state index contributed by atoms with van der Waals surface area (Å²) in [7, 11) is 0. The molecule has 3 aromatic heterocycles. The normalized spacial score (nSPS) is 16.5. The molecule has 0 radical (unpaired) electrons. The molecule has 8 aromatic rings. The first kappa shape index (κ1) is 26.7. The number of furan rings is 1. The highest BCUT2D eigenvalue weighted by Crippen LogP contribution is 2.45. The molecule has 0 spiro atoms. The van der Waals surface area contributed by atoms with E-state index >= 15 is 0 Å². The standard InChI is InChI=1S/C43H33N3O/c1-25-11-10-16-32-38-40(47-39(25)32)42(46-36-18-9-7-15-31(36)34-21-26-12-4-5-13-27(26)23-37(34)46)45-41(44-38)28-19-20-29-24-43(2,3)35-17-8-6-14-30(35)33(29)22-28/h4-10,12-23,25H,11,24H2,1-3H3. The molecule has 226 valence electrons. The molecule has 1 unspecified atom stereocenters. The van der Waals surface area contributed by atoms with Crippen molar-refractivity contribution < 1.29 is 4.42 Å². The van der Waals surface area contributed by atoms with E-state index in [1.54, 1.807) is 0 Å². The number of hydrogen-bond donors (Lipinski definition) is 0. The van der Waals surface area contributed by atoms with E-state index in [1.165, 1.54) is 43.8 Å². The van der Waals surface area contributed by atoms with Gasteiger partial charge in [-0.05, 0) is 75.5 Å². The molecule has 0 fully saturated rings. The van der Waals surface area contributed by atoms with Gasteiger partial charge in [0.2, 0.25) is 0 Å². The second kappa shape index (κ2) is 9.52. The Morgan fingerprint density at radius 2 is 1.55 bits per heavy atom. The van der Waals surface area contributed by atoms with Crippen LogP contribution in [-0.2, 0) is 11.8 Å². The molecule has 10 rings (SSSR count). The zero-order valence-electron chi connectivity index (χ0n) is 26.7. The van der Waals surface area contributed by atoms with Crippen molar-refractivity contribution in [3.8, 4) is 28.3 Å². The van der Waals surface area contributed by atoms with Crippen LogP contribution in [0.15, 0.2) is 114 Å². The zero-order chi connectivity index (χ0) is 31.4. The van der Waals surface area contributed by atoms with E-state index in [9.17, 15) is 0 Å². The quantitative estimate of drug-likeness (QED) is 0.196. The van der Waals surface area contributed by atoms with Crippen LogP contribution in [0.2, 0.25) is 0 Å². The van der Waals surface area contributed by atoms with Crippen molar-refractivity contribution in [3.05, 3.63) is 132 Å². The van der Waals surface area contributed by atoms with E-state index in [1.807, 2.05) is 0 Å². The molecule has 47 heavy (non-hydrogen) atoms. The number of aromatic nitrogens is 3. The van der Waals surface area contributed by atoms with E-state index < -0.39 is 0 Å². The Labute approximate surface area is 273 Å². The Hall–Kier alpha value is -5.48. The van der Waals surface area contributed by atoms with Crippen LogP contribution in [0.1, 0.15) is 55.6 Å². The van der Waals surface area contributed by atoms with E-state index in [0.717, 1.165) is 57.7 Å². The van der Waals surface area contributed by atoms with Gasteiger partial charge in [0.1, 0.15) is 11.3 Å². The number of hydrogen-bond acceptors (Lipinski definition) is 3. The highest BCUT2D eigenvalue weighted by molar-refractivity contribution is 6.14. The first-order chi connectivity index (χ1) is 22.9. The Bertz CT molecular complexity index is 2630. The first-order valence-electron chi connectivity index (χ1n) is 16.6. The lowest BCUT2D eigenvalue weighted by Crippen LogP contribution is -2.25. The van der Waals surface area contributed by atoms with Crippen LogP contribution in [0, 0.1) is 0 Å². The molecule has 0 saturated carbocycles. The van der Waals surface area contributed by atoms with Crippen molar-refractivity contribution >= 4 is 49.8 Å². The van der Waals surface area contributed by atoms with Crippen LogP contribution < -0.4 is 0 Å². The fraction of sp³-hybridized carbons (Fsp3) is 0.163. The van der Waals surface area contributed by atoms with Gasteiger partial charge >= 0.3 is 0 Å². The number of allylic oxidation sites excluding steroid dienone is 1. The highest BCUT2D eigenvalue weighted by atomic mass is 16.3. The molecule has 0 bridgehead atoms. The molecule has 1 atom stereocenters. The number of nitrogens with zero attached hydrogens (tertiary/aromatic N) is 3. The van der Waals surface area contributed by atoms with Crippen LogP contribution in [0.3, 0.4) is 0 Å². The van der Waals surface area contributed by atoms with Crippen molar-refractivity contribution in [1.82, 2.24) is 14.5 Å². The summed E-state index contributed by atoms with van der Waals surface area (Å²) in [5.41, 5.74) is 11.3. The molecule has 5 aromatic carbocycles.